The average Bonchev–Trinajstić information content (AvgIpc) is 2.19. The van der Waals surface area contributed by atoms with Crippen LogP contribution in [0.5, 0.6) is 0 Å². The van der Waals surface area contributed by atoms with Gasteiger partial charge in [-0.1, -0.05) is 24.3 Å². The third kappa shape index (κ3) is 1.45. The lowest BCUT2D eigenvalue weighted by Crippen LogP contribution is -1.85. The SMILES string of the molecule is N#CCc1cccc2ccc(F)cc12. The van der Waals surface area contributed by atoms with Crippen molar-refractivity contribution >= 4 is 10.8 Å². The number of hydrogen-bond acceptors (Lipinski definition) is 1. The van der Waals surface area contributed by atoms with Crippen molar-refractivity contribution in [2.45, 2.75) is 6.42 Å². The van der Waals surface area contributed by atoms with Gasteiger partial charge >= 0.3 is 0 Å². The standard InChI is InChI=1S/C12H8FN/c13-11-5-4-9-2-1-3-10(6-7-14)12(9)8-11/h1-5,8H,6H2. The molecule has 0 N–H and O–H groups in total. The fraction of sp³-hybridized carbons (Fsp3) is 0.0833. The smallest absolute Gasteiger partial charge is 0.123 e. The highest BCUT2D eigenvalue weighted by Crippen LogP contribution is 2.20. The number of hydrogen-bond donors (Lipinski definition) is 0. The Morgan fingerprint density at radius 3 is 2.86 bits per heavy atom. The van der Waals surface area contributed by atoms with Crippen LogP contribution in [0.2, 0.25) is 0 Å². The Bertz CT molecular complexity index is 511. The predicted molar refractivity (Wildman–Crippen MR) is 53.2 cm³/mol. The van der Waals surface area contributed by atoms with Crippen LogP contribution in [-0.4, -0.2) is 0 Å². The maximum Gasteiger partial charge on any atom is 0.123 e. The van der Waals surface area contributed by atoms with E-state index in [1.165, 1.54) is 12.1 Å². The zero-order valence-electron chi connectivity index (χ0n) is 7.50. The second-order valence-electron chi connectivity index (χ2n) is 3.12. The minimum absolute atomic E-state index is 0.261. The van der Waals surface area contributed by atoms with Gasteiger partial charge in [-0.25, -0.2) is 4.39 Å². The average molecular weight is 185 g/mol. The predicted octanol–water partition coefficient (Wildman–Crippen LogP) is 3.04. The zero-order chi connectivity index (χ0) is 9.97. The normalized spacial score (nSPS) is 10.0. The van der Waals surface area contributed by atoms with E-state index in [0.717, 1.165) is 16.3 Å². The summed E-state index contributed by atoms with van der Waals surface area (Å²) in [6.45, 7) is 0. The van der Waals surface area contributed by atoms with Crippen LogP contribution in [0.1, 0.15) is 5.56 Å². The molecule has 0 fully saturated rings. The fourth-order valence-electron chi connectivity index (χ4n) is 1.55. The molecule has 1 nitrogen and oxygen atoms in total. The number of halogens is 1. The van der Waals surface area contributed by atoms with Crippen LogP contribution < -0.4 is 0 Å². The molecule has 2 aromatic carbocycles. The maximum atomic E-state index is 13.0. The first kappa shape index (κ1) is 8.71. The van der Waals surface area contributed by atoms with Gasteiger partial charge in [0.2, 0.25) is 0 Å². The molecule has 0 aliphatic heterocycles. The Kier molecular flexibility index (Phi) is 2.16. The van der Waals surface area contributed by atoms with Gasteiger partial charge in [-0.2, -0.15) is 5.26 Å². The van der Waals surface area contributed by atoms with Crippen molar-refractivity contribution in [1.29, 1.82) is 5.26 Å². The van der Waals surface area contributed by atoms with Crippen LogP contribution in [0.4, 0.5) is 4.39 Å². The summed E-state index contributed by atoms with van der Waals surface area (Å²) >= 11 is 0. The third-order valence-corrected chi connectivity index (χ3v) is 2.20. The summed E-state index contributed by atoms with van der Waals surface area (Å²) in [7, 11) is 0. The van der Waals surface area contributed by atoms with Crippen molar-refractivity contribution in [2.75, 3.05) is 0 Å². The van der Waals surface area contributed by atoms with E-state index in [0.29, 0.717) is 6.42 Å². The molecule has 0 amide bonds. The number of fused-ring (bicyclic) bond motifs is 1. The lowest BCUT2D eigenvalue weighted by atomic mass is 10.0. The number of benzene rings is 2. The molecule has 2 rings (SSSR count). The molecule has 0 saturated carbocycles. The Morgan fingerprint density at radius 2 is 2.07 bits per heavy atom. The lowest BCUT2D eigenvalue weighted by molar-refractivity contribution is 0.629. The van der Waals surface area contributed by atoms with Crippen LogP contribution in [0.15, 0.2) is 36.4 Å². The number of nitriles is 1. The quantitative estimate of drug-likeness (QED) is 0.669. The Balaban J connectivity index is 2.72. The van der Waals surface area contributed by atoms with Gasteiger partial charge in [0.25, 0.3) is 0 Å². The minimum atomic E-state index is -0.261. The molecule has 0 aromatic heterocycles. The highest BCUT2D eigenvalue weighted by molar-refractivity contribution is 5.85. The highest BCUT2D eigenvalue weighted by Gasteiger charge is 2.01. The van der Waals surface area contributed by atoms with Crippen LogP contribution in [0.3, 0.4) is 0 Å². The summed E-state index contributed by atoms with van der Waals surface area (Å²) in [5.74, 6) is -0.261. The molecule has 0 heterocycles. The minimum Gasteiger partial charge on any atom is -0.207 e. The maximum absolute atomic E-state index is 13.0. The second kappa shape index (κ2) is 3.47. The van der Waals surface area contributed by atoms with E-state index < -0.39 is 0 Å². The third-order valence-electron chi connectivity index (χ3n) is 2.20. The fourth-order valence-corrected chi connectivity index (χ4v) is 1.55. The first-order chi connectivity index (χ1) is 6.81. The zero-order valence-corrected chi connectivity index (χ0v) is 7.50. The first-order valence-corrected chi connectivity index (χ1v) is 4.35. The molecule has 0 aliphatic rings. The van der Waals surface area contributed by atoms with E-state index >= 15 is 0 Å². The largest absolute Gasteiger partial charge is 0.207 e. The summed E-state index contributed by atoms with van der Waals surface area (Å²) in [4.78, 5) is 0. The van der Waals surface area contributed by atoms with Crippen molar-refractivity contribution in [3.8, 4) is 6.07 Å². The van der Waals surface area contributed by atoms with E-state index in [2.05, 4.69) is 6.07 Å². The topological polar surface area (TPSA) is 23.8 Å². The second-order valence-corrected chi connectivity index (χ2v) is 3.12. The molecule has 0 spiro atoms. The molecule has 14 heavy (non-hydrogen) atoms. The molecule has 0 saturated heterocycles. The summed E-state index contributed by atoms with van der Waals surface area (Å²) in [5.41, 5.74) is 0.879. The first-order valence-electron chi connectivity index (χ1n) is 4.35. The number of rotatable bonds is 1. The van der Waals surface area contributed by atoms with E-state index in [-0.39, 0.29) is 5.82 Å². The van der Waals surface area contributed by atoms with Gasteiger partial charge in [0, 0.05) is 0 Å². The molecule has 0 atom stereocenters. The van der Waals surface area contributed by atoms with Crippen molar-refractivity contribution < 1.29 is 4.39 Å². The molecular formula is C12H8FN. The number of nitrogens with zero attached hydrogens (tertiary/aromatic N) is 1. The summed E-state index contributed by atoms with van der Waals surface area (Å²) < 4.78 is 13.0. The Hall–Kier alpha value is -1.88. The van der Waals surface area contributed by atoms with Crippen LogP contribution in [0.25, 0.3) is 10.8 Å². The molecule has 2 heteroatoms. The summed E-state index contributed by atoms with van der Waals surface area (Å²) in [6, 6.07) is 12.4. The van der Waals surface area contributed by atoms with E-state index in [4.69, 9.17) is 5.26 Å². The van der Waals surface area contributed by atoms with Gasteiger partial charge in [-0.15, -0.1) is 0 Å². The van der Waals surface area contributed by atoms with E-state index in [9.17, 15) is 4.39 Å². The Labute approximate surface area is 81.4 Å². The van der Waals surface area contributed by atoms with Gasteiger partial charge in [0.15, 0.2) is 0 Å². The molecular weight excluding hydrogens is 177 g/mol. The van der Waals surface area contributed by atoms with Crippen molar-refractivity contribution in [2.24, 2.45) is 0 Å². The van der Waals surface area contributed by atoms with Crippen LogP contribution in [-0.2, 0) is 6.42 Å². The summed E-state index contributed by atoms with van der Waals surface area (Å²) in [6.07, 6.45) is 0.320. The van der Waals surface area contributed by atoms with Crippen LogP contribution in [0, 0.1) is 17.1 Å². The van der Waals surface area contributed by atoms with Crippen LogP contribution >= 0.6 is 0 Å². The molecule has 0 aliphatic carbocycles. The van der Waals surface area contributed by atoms with Gasteiger partial charge in [0.1, 0.15) is 5.82 Å². The lowest BCUT2D eigenvalue weighted by Gasteiger charge is -2.02. The van der Waals surface area contributed by atoms with Gasteiger partial charge in [-0.3, -0.25) is 0 Å². The molecule has 0 bridgehead atoms. The molecule has 2 aromatic rings. The van der Waals surface area contributed by atoms with Crippen molar-refractivity contribution in [3.63, 3.8) is 0 Å². The van der Waals surface area contributed by atoms with Crippen molar-refractivity contribution in [3.05, 3.63) is 47.8 Å². The van der Waals surface area contributed by atoms with Gasteiger partial charge in [-0.05, 0) is 28.5 Å². The van der Waals surface area contributed by atoms with Crippen molar-refractivity contribution in [1.82, 2.24) is 0 Å². The summed E-state index contributed by atoms with van der Waals surface area (Å²) in [5, 5.41) is 10.4. The van der Waals surface area contributed by atoms with E-state index in [1.54, 1.807) is 6.07 Å². The van der Waals surface area contributed by atoms with Gasteiger partial charge < -0.3 is 0 Å². The monoisotopic (exact) mass is 185 g/mol. The molecule has 0 radical (unpaired) electrons. The highest BCUT2D eigenvalue weighted by atomic mass is 19.1. The van der Waals surface area contributed by atoms with Gasteiger partial charge in [0.05, 0.1) is 12.5 Å². The van der Waals surface area contributed by atoms with E-state index in [1.807, 2.05) is 18.2 Å². The Morgan fingerprint density at radius 1 is 1.21 bits per heavy atom. The molecule has 68 valence electrons. The molecule has 0 unspecified atom stereocenters.